The standard InChI is InChI=1S/C16H13N7O/c24-15(14-20-16-17-7-3-10-23(16)21-14)18-11-12-5-1-2-6-13(12)22-9-4-8-19-22/h1-10H,11H2,(H,18,24). The molecule has 3 aromatic heterocycles. The number of fused-ring (bicyclic) bond motifs is 1. The van der Waals surface area contributed by atoms with Crippen LogP contribution in [0.25, 0.3) is 11.5 Å². The van der Waals surface area contributed by atoms with E-state index in [4.69, 9.17) is 0 Å². The maximum absolute atomic E-state index is 12.3. The molecule has 0 saturated carbocycles. The van der Waals surface area contributed by atoms with Gasteiger partial charge >= 0.3 is 0 Å². The van der Waals surface area contributed by atoms with E-state index in [-0.39, 0.29) is 11.7 Å². The van der Waals surface area contributed by atoms with E-state index >= 15 is 0 Å². The molecule has 0 bridgehead atoms. The van der Waals surface area contributed by atoms with Crippen molar-refractivity contribution in [2.24, 2.45) is 0 Å². The Bertz CT molecular complexity index is 958. The highest BCUT2D eigenvalue weighted by Crippen LogP contribution is 2.13. The smallest absolute Gasteiger partial charge is 0.291 e. The Kier molecular flexibility index (Phi) is 3.47. The zero-order chi connectivity index (χ0) is 16.4. The van der Waals surface area contributed by atoms with Crippen molar-refractivity contribution in [3.05, 3.63) is 72.6 Å². The number of hydrogen-bond acceptors (Lipinski definition) is 5. The third kappa shape index (κ3) is 2.60. The Balaban J connectivity index is 1.54. The van der Waals surface area contributed by atoms with E-state index in [0.717, 1.165) is 11.3 Å². The van der Waals surface area contributed by atoms with Crippen LogP contribution in [0.15, 0.2) is 61.2 Å². The van der Waals surface area contributed by atoms with Crippen molar-refractivity contribution in [2.45, 2.75) is 6.54 Å². The highest BCUT2D eigenvalue weighted by molar-refractivity contribution is 5.90. The van der Waals surface area contributed by atoms with E-state index in [1.54, 1.807) is 29.3 Å². The van der Waals surface area contributed by atoms with Crippen molar-refractivity contribution in [1.82, 2.24) is 34.7 Å². The Labute approximate surface area is 136 Å². The molecule has 4 aromatic rings. The minimum Gasteiger partial charge on any atom is -0.345 e. The fourth-order valence-electron chi connectivity index (χ4n) is 2.38. The van der Waals surface area contributed by atoms with E-state index in [9.17, 15) is 4.79 Å². The Hall–Kier alpha value is -3.55. The van der Waals surface area contributed by atoms with E-state index in [0.29, 0.717) is 12.3 Å². The number of nitrogens with zero attached hydrogens (tertiary/aromatic N) is 6. The summed E-state index contributed by atoms with van der Waals surface area (Å²) in [6, 6.07) is 11.3. The van der Waals surface area contributed by atoms with Crippen molar-refractivity contribution in [3.63, 3.8) is 0 Å². The van der Waals surface area contributed by atoms with Crippen molar-refractivity contribution in [3.8, 4) is 5.69 Å². The molecule has 0 aliphatic carbocycles. The van der Waals surface area contributed by atoms with E-state index < -0.39 is 0 Å². The molecular weight excluding hydrogens is 306 g/mol. The number of aromatic nitrogens is 6. The number of nitrogens with one attached hydrogen (secondary N) is 1. The maximum Gasteiger partial charge on any atom is 0.291 e. The Morgan fingerprint density at radius 3 is 2.79 bits per heavy atom. The molecule has 0 fully saturated rings. The van der Waals surface area contributed by atoms with Gasteiger partial charge in [0.05, 0.1) is 5.69 Å². The van der Waals surface area contributed by atoms with Crippen molar-refractivity contribution in [1.29, 1.82) is 0 Å². The van der Waals surface area contributed by atoms with Gasteiger partial charge in [0.2, 0.25) is 5.82 Å². The largest absolute Gasteiger partial charge is 0.345 e. The predicted molar refractivity (Wildman–Crippen MR) is 85.5 cm³/mol. The van der Waals surface area contributed by atoms with Gasteiger partial charge in [0.1, 0.15) is 0 Å². The number of carbonyl (C=O) groups excluding carboxylic acids is 1. The van der Waals surface area contributed by atoms with Crippen LogP contribution in [0, 0.1) is 0 Å². The average molecular weight is 319 g/mol. The van der Waals surface area contributed by atoms with Crippen molar-refractivity contribution < 1.29 is 4.79 Å². The topological polar surface area (TPSA) is 90.0 Å². The van der Waals surface area contributed by atoms with Gasteiger partial charge in [0.15, 0.2) is 0 Å². The molecule has 0 atom stereocenters. The Morgan fingerprint density at radius 2 is 1.96 bits per heavy atom. The number of benzene rings is 1. The number of amides is 1. The first-order chi connectivity index (χ1) is 11.8. The average Bonchev–Trinajstić information content (AvgIpc) is 3.29. The predicted octanol–water partition coefficient (Wildman–Crippen LogP) is 1.24. The molecule has 1 N–H and O–H groups in total. The monoisotopic (exact) mass is 319 g/mol. The number of hydrogen-bond donors (Lipinski definition) is 1. The van der Waals surface area contributed by atoms with E-state index in [2.05, 4.69) is 25.5 Å². The van der Waals surface area contributed by atoms with Crippen LogP contribution in [0.2, 0.25) is 0 Å². The zero-order valence-corrected chi connectivity index (χ0v) is 12.6. The van der Waals surface area contributed by atoms with Crippen LogP contribution < -0.4 is 5.32 Å². The number of carbonyl (C=O) groups is 1. The molecule has 0 unspecified atom stereocenters. The summed E-state index contributed by atoms with van der Waals surface area (Å²) in [6.07, 6.45) is 6.87. The van der Waals surface area contributed by atoms with Crippen LogP contribution in [0.3, 0.4) is 0 Å². The second kappa shape index (κ2) is 5.92. The number of rotatable bonds is 4. The van der Waals surface area contributed by atoms with Gasteiger partial charge in [-0.1, -0.05) is 18.2 Å². The third-order valence-corrected chi connectivity index (χ3v) is 3.50. The van der Waals surface area contributed by atoms with Crippen LogP contribution >= 0.6 is 0 Å². The summed E-state index contributed by atoms with van der Waals surface area (Å²) in [4.78, 5) is 20.4. The summed E-state index contributed by atoms with van der Waals surface area (Å²) in [7, 11) is 0. The summed E-state index contributed by atoms with van der Waals surface area (Å²) in [6.45, 7) is 0.345. The lowest BCUT2D eigenvalue weighted by Gasteiger charge is -2.09. The highest BCUT2D eigenvalue weighted by Gasteiger charge is 2.14. The molecular formula is C16H13N7O. The van der Waals surface area contributed by atoms with Crippen LogP contribution in [-0.4, -0.2) is 35.3 Å². The lowest BCUT2D eigenvalue weighted by Crippen LogP contribution is -2.24. The fraction of sp³-hybridized carbons (Fsp3) is 0.0625. The Morgan fingerprint density at radius 1 is 1.08 bits per heavy atom. The molecule has 0 spiro atoms. The molecule has 1 aromatic carbocycles. The van der Waals surface area contributed by atoms with Gasteiger partial charge in [0, 0.05) is 31.3 Å². The molecule has 0 aliphatic rings. The van der Waals surface area contributed by atoms with Gasteiger partial charge in [-0.05, 0) is 23.8 Å². The van der Waals surface area contributed by atoms with Crippen molar-refractivity contribution >= 4 is 11.7 Å². The summed E-state index contributed by atoms with van der Waals surface area (Å²) in [5.41, 5.74) is 1.85. The molecule has 1 amide bonds. The van der Waals surface area contributed by atoms with Crippen LogP contribution in [0.5, 0.6) is 0 Å². The quantitative estimate of drug-likeness (QED) is 0.611. The minimum atomic E-state index is -0.351. The second-order valence-corrected chi connectivity index (χ2v) is 5.06. The van der Waals surface area contributed by atoms with Gasteiger partial charge in [-0.25, -0.2) is 14.2 Å². The van der Waals surface area contributed by atoms with Crippen molar-refractivity contribution in [2.75, 3.05) is 0 Å². The zero-order valence-electron chi connectivity index (χ0n) is 12.6. The van der Waals surface area contributed by atoms with E-state index in [1.807, 2.05) is 36.5 Å². The van der Waals surface area contributed by atoms with Gasteiger partial charge in [-0.2, -0.15) is 10.1 Å². The molecule has 8 nitrogen and oxygen atoms in total. The highest BCUT2D eigenvalue weighted by atomic mass is 16.2. The molecule has 0 radical (unpaired) electrons. The second-order valence-electron chi connectivity index (χ2n) is 5.06. The van der Waals surface area contributed by atoms with Crippen LogP contribution in [-0.2, 0) is 6.54 Å². The summed E-state index contributed by atoms with van der Waals surface area (Å²) >= 11 is 0. The molecule has 0 aliphatic heterocycles. The van der Waals surface area contributed by atoms with Gasteiger partial charge in [0.25, 0.3) is 11.7 Å². The lowest BCUT2D eigenvalue weighted by molar-refractivity contribution is 0.0940. The first-order valence-electron chi connectivity index (χ1n) is 7.35. The molecule has 118 valence electrons. The van der Waals surface area contributed by atoms with Crippen LogP contribution in [0.1, 0.15) is 16.2 Å². The third-order valence-electron chi connectivity index (χ3n) is 3.50. The van der Waals surface area contributed by atoms with Crippen LogP contribution in [0.4, 0.5) is 0 Å². The SMILES string of the molecule is O=C(NCc1ccccc1-n1cccn1)c1nc2ncccn2n1. The minimum absolute atomic E-state index is 0.0882. The molecule has 4 rings (SSSR count). The first-order valence-corrected chi connectivity index (χ1v) is 7.35. The summed E-state index contributed by atoms with van der Waals surface area (Å²) in [5, 5.41) is 11.2. The fourth-order valence-corrected chi connectivity index (χ4v) is 2.38. The molecule has 24 heavy (non-hydrogen) atoms. The lowest BCUT2D eigenvalue weighted by atomic mass is 10.2. The molecule has 8 heteroatoms. The maximum atomic E-state index is 12.3. The van der Waals surface area contributed by atoms with E-state index in [1.165, 1.54) is 4.52 Å². The van der Waals surface area contributed by atoms with Gasteiger partial charge < -0.3 is 5.32 Å². The van der Waals surface area contributed by atoms with Gasteiger partial charge in [-0.15, -0.1) is 5.10 Å². The summed E-state index contributed by atoms with van der Waals surface area (Å²) in [5.74, 6) is 0.126. The summed E-state index contributed by atoms with van der Waals surface area (Å²) < 4.78 is 3.22. The molecule has 0 saturated heterocycles. The first kappa shape index (κ1) is 14.1. The normalized spacial score (nSPS) is 10.8. The van der Waals surface area contributed by atoms with Gasteiger partial charge in [-0.3, -0.25) is 4.79 Å². The molecule has 3 heterocycles. The number of para-hydroxylation sites is 1.